The number of rotatable bonds is 7. The van der Waals surface area contributed by atoms with Crippen LogP contribution in [0, 0.1) is 0 Å². The van der Waals surface area contributed by atoms with Crippen LogP contribution in [0.15, 0.2) is 24.5 Å². The summed E-state index contributed by atoms with van der Waals surface area (Å²) in [4.78, 5) is 12.7. The summed E-state index contributed by atoms with van der Waals surface area (Å²) in [7, 11) is 0. The highest BCUT2D eigenvalue weighted by Gasteiger charge is 1.98. The van der Waals surface area contributed by atoms with Crippen LogP contribution in [0.2, 0.25) is 0 Å². The van der Waals surface area contributed by atoms with E-state index in [4.69, 9.17) is 4.74 Å². The number of hydrogen-bond acceptors (Lipinski definition) is 5. The number of unbranched alkanes of at least 4 members (excludes halogenated alkanes) is 1. The molecule has 18 heavy (non-hydrogen) atoms. The first-order valence-corrected chi connectivity index (χ1v) is 6.29. The van der Waals surface area contributed by atoms with Crippen molar-refractivity contribution >= 4 is 17.0 Å². The van der Waals surface area contributed by atoms with Crippen molar-refractivity contribution in [3.05, 3.63) is 24.5 Å². The second-order valence-electron chi connectivity index (χ2n) is 3.99. The molecule has 2 aromatic rings. The normalized spacial score (nSPS) is 10.7. The monoisotopic (exact) mass is 246 g/mol. The topological polar surface area (TPSA) is 59.9 Å². The van der Waals surface area contributed by atoms with Gasteiger partial charge in [-0.1, -0.05) is 13.3 Å². The van der Waals surface area contributed by atoms with Gasteiger partial charge in [0.1, 0.15) is 11.3 Å². The van der Waals surface area contributed by atoms with E-state index in [0.29, 0.717) is 12.3 Å². The third kappa shape index (κ3) is 3.63. The van der Waals surface area contributed by atoms with Crippen molar-refractivity contribution in [2.75, 3.05) is 25.1 Å². The molecule has 1 N–H and O–H groups in total. The molecule has 2 heterocycles. The van der Waals surface area contributed by atoms with Crippen LogP contribution >= 0.6 is 0 Å². The van der Waals surface area contributed by atoms with Gasteiger partial charge in [0.05, 0.1) is 6.61 Å². The van der Waals surface area contributed by atoms with Crippen LogP contribution in [0.5, 0.6) is 0 Å². The maximum absolute atomic E-state index is 5.47. The summed E-state index contributed by atoms with van der Waals surface area (Å²) in [5, 5.41) is 3.21. The van der Waals surface area contributed by atoms with E-state index in [1.165, 1.54) is 6.42 Å². The Balaban J connectivity index is 1.81. The molecule has 0 amide bonds. The summed E-state index contributed by atoms with van der Waals surface area (Å²) in [5.74, 6) is 0.807. The van der Waals surface area contributed by atoms with Crippen LogP contribution in [0.4, 0.5) is 5.82 Å². The quantitative estimate of drug-likeness (QED) is 0.759. The van der Waals surface area contributed by atoms with Gasteiger partial charge in [-0.05, 0) is 18.6 Å². The molecule has 0 aliphatic carbocycles. The lowest BCUT2D eigenvalue weighted by Crippen LogP contribution is -2.11. The molecule has 0 fully saturated rings. The summed E-state index contributed by atoms with van der Waals surface area (Å²) >= 11 is 0. The molecule has 5 heteroatoms. The van der Waals surface area contributed by atoms with Gasteiger partial charge in [-0.3, -0.25) is 4.98 Å². The Hall–Kier alpha value is -1.75. The van der Waals surface area contributed by atoms with Crippen LogP contribution in [0.25, 0.3) is 11.2 Å². The minimum absolute atomic E-state index is 0.661. The zero-order valence-electron chi connectivity index (χ0n) is 10.6. The summed E-state index contributed by atoms with van der Waals surface area (Å²) in [6.07, 6.45) is 5.59. The molecule has 0 bridgehead atoms. The van der Waals surface area contributed by atoms with Crippen molar-refractivity contribution in [3.63, 3.8) is 0 Å². The van der Waals surface area contributed by atoms with Gasteiger partial charge in [0.25, 0.3) is 0 Å². The third-order valence-corrected chi connectivity index (χ3v) is 2.53. The molecule has 0 saturated heterocycles. The van der Waals surface area contributed by atoms with Crippen molar-refractivity contribution in [1.29, 1.82) is 0 Å². The second kappa shape index (κ2) is 6.86. The fraction of sp³-hybridized carbons (Fsp3) is 0.462. The second-order valence-corrected chi connectivity index (χ2v) is 3.99. The van der Waals surface area contributed by atoms with Crippen LogP contribution in [-0.4, -0.2) is 34.7 Å². The number of pyridine rings is 1. The highest BCUT2D eigenvalue weighted by Crippen LogP contribution is 2.09. The minimum atomic E-state index is 0.661. The molecule has 2 rings (SSSR count). The van der Waals surface area contributed by atoms with E-state index in [2.05, 4.69) is 27.2 Å². The average Bonchev–Trinajstić information content (AvgIpc) is 2.42. The highest BCUT2D eigenvalue weighted by atomic mass is 16.5. The zero-order chi connectivity index (χ0) is 12.6. The maximum Gasteiger partial charge on any atom is 0.180 e. The lowest BCUT2D eigenvalue weighted by molar-refractivity contribution is 0.141. The summed E-state index contributed by atoms with van der Waals surface area (Å²) in [6, 6.07) is 3.82. The molecule has 2 aromatic heterocycles. The van der Waals surface area contributed by atoms with Crippen LogP contribution < -0.4 is 5.32 Å². The standard InChI is InChI=1S/C13H18N4O/c1-2-3-9-18-10-8-15-12-5-4-11-13(17-12)16-7-6-14-11/h4-7H,2-3,8-10H2,1H3,(H,15,16,17). The molecular weight excluding hydrogens is 228 g/mol. The summed E-state index contributed by atoms with van der Waals surface area (Å²) < 4.78 is 5.47. The zero-order valence-corrected chi connectivity index (χ0v) is 10.6. The van der Waals surface area contributed by atoms with E-state index in [1.54, 1.807) is 12.4 Å². The molecule has 0 saturated carbocycles. The molecule has 0 atom stereocenters. The molecule has 0 spiro atoms. The van der Waals surface area contributed by atoms with Gasteiger partial charge in [0, 0.05) is 25.5 Å². The number of nitrogens with one attached hydrogen (secondary N) is 1. The van der Waals surface area contributed by atoms with Gasteiger partial charge in [-0.15, -0.1) is 0 Å². The van der Waals surface area contributed by atoms with Crippen molar-refractivity contribution in [2.24, 2.45) is 0 Å². The summed E-state index contributed by atoms with van der Waals surface area (Å²) in [5.41, 5.74) is 1.47. The first kappa shape index (κ1) is 12.7. The van der Waals surface area contributed by atoms with Crippen LogP contribution in [0.3, 0.4) is 0 Å². The van der Waals surface area contributed by atoms with Gasteiger partial charge < -0.3 is 10.1 Å². The Morgan fingerprint density at radius 1 is 1.17 bits per heavy atom. The van der Waals surface area contributed by atoms with E-state index >= 15 is 0 Å². The Kier molecular flexibility index (Phi) is 4.84. The third-order valence-electron chi connectivity index (χ3n) is 2.53. The predicted molar refractivity (Wildman–Crippen MR) is 71.5 cm³/mol. The Morgan fingerprint density at radius 3 is 2.94 bits per heavy atom. The van der Waals surface area contributed by atoms with Gasteiger partial charge in [0.15, 0.2) is 5.65 Å². The Morgan fingerprint density at radius 2 is 2.06 bits per heavy atom. The molecule has 0 aliphatic rings. The predicted octanol–water partition coefficient (Wildman–Crippen LogP) is 2.25. The van der Waals surface area contributed by atoms with Crippen molar-refractivity contribution < 1.29 is 4.74 Å². The Bertz CT molecular complexity index is 489. The maximum atomic E-state index is 5.47. The lowest BCUT2D eigenvalue weighted by Gasteiger charge is -2.06. The van der Waals surface area contributed by atoms with Crippen molar-refractivity contribution in [3.8, 4) is 0 Å². The number of fused-ring (bicyclic) bond motifs is 1. The first-order valence-electron chi connectivity index (χ1n) is 6.29. The SMILES string of the molecule is CCCCOCCNc1ccc2nccnc2n1. The molecule has 0 aromatic carbocycles. The largest absolute Gasteiger partial charge is 0.380 e. The number of nitrogens with zero attached hydrogens (tertiary/aromatic N) is 3. The molecule has 0 radical (unpaired) electrons. The molecule has 96 valence electrons. The van der Waals surface area contributed by atoms with E-state index in [0.717, 1.165) is 30.9 Å². The number of anilines is 1. The number of hydrogen-bond donors (Lipinski definition) is 1. The van der Waals surface area contributed by atoms with Crippen LogP contribution in [-0.2, 0) is 4.74 Å². The average molecular weight is 246 g/mol. The van der Waals surface area contributed by atoms with E-state index in [-0.39, 0.29) is 0 Å². The van der Waals surface area contributed by atoms with E-state index < -0.39 is 0 Å². The van der Waals surface area contributed by atoms with Crippen molar-refractivity contribution in [2.45, 2.75) is 19.8 Å². The molecular formula is C13H18N4O. The fourth-order valence-corrected chi connectivity index (χ4v) is 1.55. The first-order chi connectivity index (χ1) is 8.90. The molecule has 0 unspecified atom stereocenters. The van der Waals surface area contributed by atoms with Gasteiger partial charge in [-0.2, -0.15) is 0 Å². The highest BCUT2D eigenvalue weighted by molar-refractivity contribution is 5.71. The van der Waals surface area contributed by atoms with Crippen molar-refractivity contribution in [1.82, 2.24) is 15.0 Å². The number of ether oxygens (including phenoxy) is 1. The lowest BCUT2D eigenvalue weighted by atomic mass is 10.4. The van der Waals surface area contributed by atoms with Gasteiger partial charge in [-0.25, -0.2) is 9.97 Å². The van der Waals surface area contributed by atoms with E-state index in [1.807, 2.05) is 12.1 Å². The summed E-state index contributed by atoms with van der Waals surface area (Å²) in [6.45, 7) is 4.43. The molecule has 0 aliphatic heterocycles. The van der Waals surface area contributed by atoms with Crippen LogP contribution in [0.1, 0.15) is 19.8 Å². The fourth-order valence-electron chi connectivity index (χ4n) is 1.55. The smallest absolute Gasteiger partial charge is 0.180 e. The molecule has 5 nitrogen and oxygen atoms in total. The van der Waals surface area contributed by atoms with Gasteiger partial charge >= 0.3 is 0 Å². The number of aromatic nitrogens is 3. The van der Waals surface area contributed by atoms with E-state index in [9.17, 15) is 0 Å². The minimum Gasteiger partial charge on any atom is -0.380 e. The Labute approximate surface area is 107 Å². The van der Waals surface area contributed by atoms with Gasteiger partial charge in [0.2, 0.25) is 0 Å².